The lowest BCUT2D eigenvalue weighted by Crippen LogP contribution is -2.18. The van der Waals surface area contributed by atoms with Crippen molar-refractivity contribution in [3.8, 4) is 0 Å². The van der Waals surface area contributed by atoms with E-state index in [0.717, 1.165) is 0 Å². The number of carbonyl (C=O) groups is 1. The van der Waals surface area contributed by atoms with Gasteiger partial charge in [-0.2, -0.15) is 5.10 Å². The van der Waals surface area contributed by atoms with Crippen LogP contribution in [-0.4, -0.2) is 32.2 Å². The van der Waals surface area contributed by atoms with Crippen molar-refractivity contribution in [3.05, 3.63) is 30.1 Å². The van der Waals surface area contributed by atoms with E-state index in [2.05, 4.69) is 25.7 Å². The van der Waals surface area contributed by atoms with Crippen LogP contribution in [0.1, 0.15) is 43.0 Å². The summed E-state index contributed by atoms with van der Waals surface area (Å²) in [6, 6.07) is 0. The molecule has 0 saturated heterocycles. The van der Waals surface area contributed by atoms with Crippen molar-refractivity contribution in [2.45, 2.75) is 26.7 Å². The SMILES string of the molecule is CCNc1cnc(C(C)C)nc1C(=O)Nc1cnn(C)c1. The van der Waals surface area contributed by atoms with E-state index in [0.29, 0.717) is 29.4 Å². The first kappa shape index (κ1) is 15.0. The molecule has 21 heavy (non-hydrogen) atoms. The first-order chi connectivity index (χ1) is 10.0. The molecule has 0 aliphatic carbocycles. The Morgan fingerprint density at radius 1 is 1.38 bits per heavy atom. The summed E-state index contributed by atoms with van der Waals surface area (Å²) in [5.41, 5.74) is 1.61. The molecule has 0 aliphatic heterocycles. The van der Waals surface area contributed by atoms with Crippen molar-refractivity contribution in [3.63, 3.8) is 0 Å². The fourth-order valence-electron chi connectivity index (χ4n) is 1.84. The maximum absolute atomic E-state index is 12.4. The van der Waals surface area contributed by atoms with E-state index in [9.17, 15) is 4.79 Å². The summed E-state index contributed by atoms with van der Waals surface area (Å²) in [5, 5.41) is 9.92. The van der Waals surface area contributed by atoms with Crippen LogP contribution in [0.5, 0.6) is 0 Å². The highest BCUT2D eigenvalue weighted by atomic mass is 16.1. The summed E-state index contributed by atoms with van der Waals surface area (Å²) < 4.78 is 1.63. The number of hydrogen-bond acceptors (Lipinski definition) is 5. The van der Waals surface area contributed by atoms with Crippen LogP contribution < -0.4 is 10.6 Å². The van der Waals surface area contributed by atoms with Gasteiger partial charge in [0.2, 0.25) is 0 Å². The van der Waals surface area contributed by atoms with Crippen LogP contribution >= 0.6 is 0 Å². The Bertz CT molecular complexity index is 634. The van der Waals surface area contributed by atoms with Gasteiger partial charge in [0.25, 0.3) is 5.91 Å². The number of aromatic nitrogens is 4. The van der Waals surface area contributed by atoms with E-state index in [1.54, 1.807) is 30.3 Å². The summed E-state index contributed by atoms with van der Waals surface area (Å²) in [6.07, 6.45) is 4.98. The fourth-order valence-corrected chi connectivity index (χ4v) is 1.84. The average molecular weight is 288 g/mol. The van der Waals surface area contributed by atoms with Gasteiger partial charge in [-0.25, -0.2) is 9.97 Å². The van der Waals surface area contributed by atoms with E-state index in [-0.39, 0.29) is 11.8 Å². The topological polar surface area (TPSA) is 84.7 Å². The first-order valence-electron chi connectivity index (χ1n) is 6.92. The van der Waals surface area contributed by atoms with Gasteiger partial charge in [-0.1, -0.05) is 13.8 Å². The number of anilines is 2. The number of amides is 1. The third kappa shape index (κ3) is 3.56. The van der Waals surface area contributed by atoms with Gasteiger partial charge in [0.05, 0.1) is 23.8 Å². The summed E-state index contributed by atoms with van der Waals surface area (Å²) in [4.78, 5) is 21.1. The molecule has 0 radical (unpaired) electrons. The van der Waals surface area contributed by atoms with Crippen molar-refractivity contribution in [2.24, 2.45) is 7.05 Å². The number of aryl methyl sites for hydroxylation is 1. The zero-order chi connectivity index (χ0) is 15.4. The predicted octanol–water partition coefficient (Wildman–Crippen LogP) is 2.02. The Kier molecular flexibility index (Phi) is 4.52. The largest absolute Gasteiger partial charge is 0.382 e. The molecule has 0 fully saturated rings. The Morgan fingerprint density at radius 2 is 2.14 bits per heavy atom. The van der Waals surface area contributed by atoms with Crippen LogP contribution in [0.4, 0.5) is 11.4 Å². The molecule has 0 bridgehead atoms. The van der Waals surface area contributed by atoms with Gasteiger partial charge in [-0.05, 0) is 6.92 Å². The number of carbonyl (C=O) groups excluding carboxylic acids is 1. The number of nitrogens with one attached hydrogen (secondary N) is 2. The summed E-state index contributed by atoms with van der Waals surface area (Å²) in [6.45, 7) is 6.63. The standard InChI is InChI=1S/C14H20N6O/c1-5-15-11-7-16-13(9(2)3)19-12(11)14(21)18-10-6-17-20(4)8-10/h6-9,15H,5H2,1-4H3,(H,18,21). The van der Waals surface area contributed by atoms with Gasteiger partial charge in [-0.15, -0.1) is 0 Å². The van der Waals surface area contributed by atoms with Crippen LogP contribution in [0.15, 0.2) is 18.6 Å². The minimum atomic E-state index is -0.275. The van der Waals surface area contributed by atoms with Gasteiger partial charge in [0, 0.05) is 25.7 Å². The molecule has 2 N–H and O–H groups in total. The molecule has 0 spiro atoms. The molecule has 2 aromatic heterocycles. The van der Waals surface area contributed by atoms with Crippen LogP contribution in [-0.2, 0) is 7.05 Å². The highest BCUT2D eigenvalue weighted by Crippen LogP contribution is 2.17. The lowest BCUT2D eigenvalue weighted by atomic mass is 10.2. The van der Waals surface area contributed by atoms with Gasteiger partial charge in [-0.3, -0.25) is 9.48 Å². The Morgan fingerprint density at radius 3 is 2.71 bits per heavy atom. The summed E-state index contributed by atoms with van der Waals surface area (Å²) >= 11 is 0. The molecular weight excluding hydrogens is 268 g/mol. The zero-order valence-electron chi connectivity index (χ0n) is 12.7. The van der Waals surface area contributed by atoms with E-state index in [1.165, 1.54) is 0 Å². The monoisotopic (exact) mass is 288 g/mol. The Hall–Kier alpha value is -2.44. The maximum Gasteiger partial charge on any atom is 0.276 e. The number of nitrogens with zero attached hydrogens (tertiary/aromatic N) is 4. The van der Waals surface area contributed by atoms with E-state index in [1.807, 2.05) is 20.8 Å². The van der Waals surface area contributed by atoms with Crippen LogP contribution in [0, 0.1) is 0 Å². The smallest absolute Gasteiger partial charge is 0.276 e. The maximum atomic E-state index is 12.4. The van der Waals surface area contributed by atoms with Gasteiger partial charge < -0.3 is 10.6 Å². The van der Waals surface area contributed by atoms with Crippen molar-refractivity contribution in [1.82, 2.24) is 19.7 Å². The van der Waals surface area contributed by atoms with Crippen LogP contribution in [0.3, 0.4) is 0 Å². The second kappa shape index (κ2) is 6.34. The fraction of sp³-hybridized carbons (Fsp3) is 0.429. The third-order valence-corrected chi connectivity index (χ3v) is 2.87. The van der Waals surface area contributed by atoms with Crippen molar-refractivity contribution < 1.29 is 4.79 Å². The summed E-state index contributed by atoms with van der Waals surface area (Å²) in [5.74, 6) is 0.529. The van der Waals surface area contributed by atoms with Gasteiger partial charge >= 0.3 is 0 Å². The van der Waals surface area contributed by atoms with E-state index < -0.39 is 0 Å². The molecule has 2 rings (SSSR count). The molecule has 2 aromatic rings. The number of rotatable bonds is 5. The molecule has 7 heteroatoms. The third-order valence-electron chi connectivity index (χ3n) is 2.87. The average Bonchev–Trinajstić information content (AvgIpc) is 2.84. The van der Waals surface area contributed by atoms with Crippen molar-refractivity contribution in [1.29, 1.82) is 0 Å². The summed E-state index contributed by atoms with van der Waals surface area (Å²) in [7, 11) is 1.79. The quantitative estimate of drug-likeness (QED) is 0.879. The van der Waals surface area contributed by atoms with Crippen molar-refractivity contribution >= 4 is 17.3 Å². The predicted molar refractivity (Wildman–Crippen MR) is 81.4 cm³/mol. The molecule has 2 heterocycles. The molecule has 0 saturated carbocycles. The molecular formula is C14H20N6O. The Labute approximate surface area is 123 Å². The lowest BCUT2D eigenvalue weighted by molar-refractivity contribution is 0.102. The highest BCUT2D eigenvalue weighted by Gasteiger charge is 2.17. The van der Waals surface area contributed by atoms with Crippen LogP contribution in [0.25, 0.3) is 0 Å². The van der Waals surface area contributed by atoms with E-state index in [4.69, 9.17) is 0 Å². The molecule has 0 aliphatic rings. The normalized spacial score (nSPS) is 10.7. The minimum Gasteiger partial charge on any atom is -0.382 e. The second-order valence-corrected chi connectivity index (χ2v) is 5.03. The molecule has 112 valence electrons. The highest BCUT2D eigenvalue weighted by molar-refractivity contribution is 6.06. The van der Waals surface area contributed by atoms with Gasteiger partial charge in [0.1, 0.15) is 5.82 Å². The minimum absolute atomic E-state index is 0.158. The lowest BCUT2D eigenvalue weighted by Gasteiger charge is -2.12. The molecule has 0 aromatic carbocycles. The Balaban J connectivity index is 2.30. The van der Waals surface area contributed by atoms with Gasteiger partial charge in [0.15, 0.2) is 5.69 Å². The molecule has 1 amide bonds. The van der Waals surface area contributed by atoms with Crippen molar-refractivity contribution in [2.75, 3.05) is 17.2 Å². The van der Waals surface area contributed by atoms with E-state index >= 15 is 0 Å². The second-order valence-electron chi connectivity index (χ2n) is 5.03. The molecule has 0 unspecified atom stereocenters. The molecule has 7 nitrogen and oxygen atoms in total. The van der Waals surface area contributed by atoms with Crippen LogP contribution in [0.2, 0.25) is 0 Å². The zero-order valence-corrected chi connectivity index (χ0v) is 12.7. The first-order valence-corrected chi connectivity index (χ1v) is 6.92. The number of hydrogen-bond donors (Lipinski definition) is 2. The molecule has 0 atom stereocenters.